The molecule has 1 aromatic rings. The van der Waals surface area contributed by atoms with Crippen molar-refractivity contribution in [1.29, 1.82) is 0 Å². The zero-order valence-electron chi connectivity index (χ0n) is 11.0. The van der Waals surface area contributed by atoms with E-state index < -0.39 is 0 Å². The molecule has 1 unspecified atom stereocenters. The highest BCUT2D eigenvalue weighted by Crippen LogP contribution is 2.32. The summed E-state index contributed by atoms with van der Waals surface area (Å²) in [6.07, 6.45) is 4.98. The van der Waals surface area contributed by atoms with Gasteiger partial charge in [0.15, 0.2) is 0 Å². The summed E-state index contributed by atoms with van der Waals surface area (Å²) in [5.74, 6) is 0.812. The minimum absolute atomic E-state index is 0.553. The van der Waals surface area contributed by atoms with Crippen LogP contribution in [0.15, 0.2) is 18.2 Å². The normalized spacial score (nSPS) is 18.6. The predicted molar refractivity (Wildman–Crippen MR) is 74.0 cm³/mol. The van der Waals surface area contributed by atoms with Gasteiger partial charge in [-0.15, -0.1) is 0 Å². The van der Waals surface area contributed by atoms with Crippen LogP contribution in [0.5, 0.6) is 0 Å². The number of nitrogens with one attached hydrogen (secondary N) is 1. The zero-order chi connectivity index (χ0) is 12.3. The summed E-state index contributed by atoms with van der Waals surface area (Å²) in [7, 11) is 0. The van der Waals surface area contributed by atoms with Crippen molar-refractivity contribution in [2.24, 2.45) is 5.92 Å². The molecule has 1 aliphatic carbocycles. The molecule has 2 rings (SSSR count). The summed E-state index contributed by atoms with van der Waals surface area (Å²) in [5, 5.41) is 3.67. The Morgan fingerprint density at radius 3 is 3.00 bits per heavy atom. The zero-order valence-corrected chi connectivity index (χ0v) is 11.0. The third-order valence-electron chi connectivity index (χ3n) is 3.59. The number of anilines is 1. The fourth-order valence-corrected chi connectivity index (χ4v) is 2.64. The Bertz CT molecular complexity index is 371. The maximum Gasteiger partial charge on any atom is 0.0326 e. The number of aryl methyl sites for hydroxylation is 1. The molecule has 0 radical (unpaired) electrons. The van der Waals surface area contributed by atoms with E-state index in [-0.39, 0.29) is 0 Å². The van der Waals surface area contributed by atoms with E-state index in [4.69, 9.17) is 5.73 Å². The largest absolute Gasteiger partial charge is 0.399 e. The van der Waals surface area contributed by atoms with Crippen LogP contribution in [0, 0.1) is 5.92 Å². The average Bonchev–Trinajstić information content (AvgIpc) is 2.66. The first kappa shape index (κ1) is 12.4. The molecule has 1 atom stereocenters. The van der Waals surface area contributed by atoms with Gasteiger partial charge in [-0.1, -0.05) is 19.9 Å². The van der Waals surface area contributed by atoms with Gasteiger partial charge in [0, 0.05) is 11.7 Å². The molecule has 2 heteroatoms. The lowest BCUT2D eigenvalue weighted by atomic mass is 10.1. The van der Waals surface area contributed by atoms with Crippen molar-refractivity contribution < 1.29 is 0 Å². The summed E-state index contributed by atoms with van der Waals surface area (Å²) >= 11 is 0. The molecule has 1 aliphatic rings. The molecule has 0 saturated carbocycles. The van der Waals surface area contributed by atoms with E-state index in [1.807, 2.05) is 6.07 Å². The van der Waals surface area contributed by atoms with Gasteiger partial charge in [-0.25, -0.2) is 0 Å². The monoisotopic (exact) mass is 232 g/mol. The maximum absolute atomic E-state index is 5.81. The molecule has 94 valence electrons. The number of nitrogen functional groups attached to an aromatic ring is 1. The molecule has 0 spiro atoms. The van der Waals surface area contributed by atoms with Crippen LogP contribution in [0.2, 0.25) is 0 Å². The molecule has 1 aromatic carbocycles. The number of fused-ring (bicyclic) bond motifs is 1. The standard InChI is InChI=1S/C15H24N2/c1-11(2)4-3-9-17-15-8-5-12-10-13(16)6-7-14(12)15/h6-7,10-11,15,17H,3-5,8-9,16H2,1-2H3. The molecule has 0 fully saturated rings. The lowest BCUT2D eigenvalue weighted by Gasteiger charge is -2.14. The highest BCUT2D eigenvalue weighted by molar-refractivity contribution is 5.47. The van der Waals surface area contributed by atoms with E-state index in [9.17, 15) is 0 Å². The molecule has 0 aliphatic heterocycles. The van der Waals surface area contributed by atoms with E-state index in [0.29, 0.717) is 6.04 Å². The van der Waals surface area contributed by atoms with Crippen LogP contribution in [0.4, 0.5) is 5.69 Å². The van der Waals surface area contributed by atoms with Crippen molar-refractivity contribution in [2.75, 3.05) is 12.3 Å². The molecule has 3 N–H and O–H groups in total. The van der Waals surface area contributed by atoms with Gasteiger partial charge in [0.2, 0.25) is 0 Å². The van der Waals surface area contributed by atoms with Gasteiger partial charge in [0.05, 0.1) is 0 Å². The number of nitrogens with two attached hydrogens (primary N) is 1. The van der Waals surface area contributed by atoms with Crippen LogP contribution in [-0.2, 0) is 6.42 Å². The van der Waals surface area contributed by atoms with E-state index in [1.54, 1.807) is 0 Å². The van der Waals surface area contributed by atoms with Crippen molar-refractivity contribution in [3.8, 4) is 0 Å². The first-order valence-electron chi connectivity index (χ1n) is 6.78. The van der Waals surface area contributed by atoms with Gasteiger partial charge < -0.3 is 11.1 Å². The van der Waals surface area contributed by atoms with Crippen LogP contribution in [-0.4, -0.2) is 6.54 Å². The fraction of sp³-hybridized carbons (Fsp3) is 0.600. The topological polar surface area (TPSA) is 38.0 Å². The van der Waals surface area contributed by atoms with E-state index >= 15 is 0 Å². The summed E-state index contributed by atoms with van der Waals surface area (Å²) in [4.78, 5) is 0. The smallest absolute Gasteiger partial charge is 0.0326 e. The van der Waals surface area contributed by atoms with Gasteiger partial charge in [0.1, 0.15) is 0 Å². The Kier molecular flexibility index (Phi) is 4.06. The van der Waals surface area contributed by atoms with Gasteiger partial charge in [0.25, 0.3) is 0 Å². The van der Waals surface area contributed by atoms with Crippen molar-refractivity contribution in [2.45, 2.75) is 45.6 Å². The number of rotatable bonds is 5. The third kappa shape index (κ3) is 3.22. The van der Waals surface area contributed by atoms with Crippen LogP contribution in [0.25, 0.3) is 0 Å². The summed E-state index contributed by atoms with van der Waals surface area (Å²) in [6, 6.07) is 6.90. The highest BCUT2D eigenvalue weighted by atomic mass is 14.9. The van der Waals surface area contributed by atoms with E-state index in [2.05, 4.69) is 31.3 Å². The van der Waals surface area contributed by atoms with E-state index in [0.717, 1.165) is 18.2 Å². The fourth-order valence-electron chi connectivity index (χ4n) is 2.64. The van der Waals surface area contributed by atoms with Crippen molar-refractivity contribution in [1.82, 2.24) is 5.32 Å². The Balaban J connectivity index is 1.85. The first-order chi connectivity index (χ1) is 8.16. The van der Waals surface area contributed by atoms with Crippen LogP contribution in [0.3, 0.4) is 0 Å². The van der Waals surface area contributed by atoms with Crippen LogP contribution < -0.4 is 11.1 Å². The summed E-state index contributed by atoms with van der Waals surface area (Å²) in [5.41, 5.74) is 9.60. The minimum Gasteiger partial charge on any atom is -0.399 e. The maximum atomic E-state index is 5.81. The Labute approximate surface area is 105 Å². The van der Waals surface area contributed by atoms with Crippen LogP contribution in [0.1, 0.15) is 50.3 Å². The second kappa shape index (κ2) is 5.54. The average molecular weight is 232 g/mol. The molecule has 0 saturated heterocycles. The highest BCUT2D eigenvalue weighted by Gasteiger charge is 2.21. The van der Waals surface area contributed by atoms with Crippen molar-refractivity contribution in [3.05, 3.63) is 29.3 Å². The van der Waals surface area contributed by atoms with Crippen molar-refractivity contribution >= 4 is 5.69 Å². The van der Waals surface area contributed by atoms with E-state index in [1.165, 1.54) is 36.8 Å². The lowest BCUT2D eigenvalue weighted by molar-refractivity contribution is 0.479. The molecular weight excluding hydrogens is 208 g/mol. The molecular formula is C15H24N2. The SMILES string of the molecule is CC(C)CCCNC1CCc2cc(N)ccc21. The molecule has 0 amide bonds. The predicted octanol–water partition coefficient (Wildman–Crippen LogP) is 3.28. The lowest BCUT2D eigenvalue weighted by Crippen LogP contribution is -2.20. The third-order valence-corrected chi connectivity index (χ3v) is 3.59. The summed E-state index contributed by atoms with van der Waals surface area (Å²) < 4.78 is 0. The second-order valence-electron chi connectivity index (χ2n) is 5.54. The van der Waals surface area contributed by atoms with Gasteiger partial charge in [-0.2, -0.15) is 0 Å². The molecule has 0 heterocycles. The Morgan fingerprint density at radius 1 is 1.41 bits per heavy atom. The number of benzene rings is 1. The molecule has 0 bridgehead atoms. The summed E-state index contributed by atoms with van der Waals surface area (Å²) in [6.45, 7) is 5.70. The number of hydrogen-bond acceptors (Lipinski definition) is 2. The van der Waals surface area contributed by atoms with Gasteiger partial charge in [-0.05, 0) is 61.4 Å². The van der Waals surface area contributed by atoms with Gasteiger partial charge in [-0.3, -0.25) is 0 Å². The molecule has 2 nitrogen and oxygen atoms in total. The quantitative estimate of drug-likeness (QED) is 0.604. The van der Waals surface area contributed by atoms with Crippen molar-refractivity contribution in [3.63, 3.8) is 0 Å². The van der Waals surface area contributed by atoms with Gasteiger partial charge >= 0.3 is 0 Å². The second-order valence-corrected chi connectivity index (χ2v) is 5.54. The van der Waals surface area contributed by atoms with Crippen LogP contribution >= 0.6 is 0 Å². The molecule has 17 heavy (non-hydrogen) atoms. The molecule has 0 aromatic heterocycles. The number of hydrogen-bond donors (Lipinski definition) is 2. The Morgan fingerprint density at radius 2 is 2.24 bits per heavy atom. The Hall–Kier alpha value is -1.02. The first-order valence-corrected chi connectivity index (χ1v) is 6.78. The minimum atomic E-state index is 0.553.